The van der Waals surface area contributed by atoms with Gasteiger partial charge in [-0.05, 0) is 32.6 Å². The van der Waals surface area contributed by atoms with E-state index >= 15 is 0 Å². The van der Waals surface area contributed by atoms with Crippen molar-refractivity contribution in [1.82, 2.24) is 9.55 Å². The number of allylic oxidation sites excluding steroid dienone is 1. The topological polar surface area (TPSA) is 29.9 Å². The fraction of sp³-hybridized carbons (Fsp3) is 0.667. The third kappa shape index (κ3) is 4.55. The fourth-order valence-corrected chi connectivity index (χ4v) is 2.60. The Bertz CT molecular complexity index is 408. The maximum absolute atomic E-state index is 4.55. The van der Waals surface area contributed by atoms with Gasteiger partial charge in [-0.3, -0.25) is 0 Å². The Labute approximate surface area is 111 Å². The van der Waals surface area contributed by atoms with Gasteiger partial charge < -0.3 is 9.88 Å². The molecule has 1 rings (SSSR count). The molecule has 0 fully saturated rings. The molecular weight excluding hydrogens is 222 g/mol. The fourth-order valence-electron chi connectivity index (χ4n) is 2.60. The van der Waals surface area contributed by atoms with Crippen LogP contribution in [0.5, 0.6) is 0 Å². The molecule has 0 amide bonds. The highest BCUT2D eigenvalue weighted by atomic mass is 15.2. The number of hydrogen-bond donors (Lipinski definition) is 1. The Morgan fingerprint density at radius 1 is 1.33 bits per heavy atom. The Morgan fingerprint density at radius 3 is 2.44 bits per heavy atom. The zero-order chi connectivity index (χ0) is 14.0. The molecule has 3 nitrogen and oxygen atoms in total. The van der Waals surface area contributed by atoms with E-state index in [1.54, 1.807) is 0 Å². The van der Waals surface area contributed by atoms with Crippen molar-refractivity contribution in [2.75, 3.05) is 5.32 Å². The molecule has 1 aromatic rings. The van der Waals surface area contributed by atoms with Crippen molar-refractivity contribution in [1.29, 1.82) is 0 Å². The first kappa shape index (κ1) is 14.8. The monoisotopic (exact) mass is 249 g/mol. The lowest BCUT2D eigenvalue weighted by molar-refractivity contribution is 0.301. The second-order valence-electron chi connectivity index (χ2n) is 6.89. The van der Waals surface area contributed by atoms with Crippen LogP contribution in [0.1, 0.15) is 46.7 Å². The van der Waals surface area contributed by atoms with E-state index in [2.05, 4.69) is 62.3 Å². The van der Waals surface area contributed by atoms with Crippen molar-refractivity contribution in [3.8, 4) is 0 Å². The summed E-state index contributed by atoms with van der Waals surface area (Å²) in [5.41, 5.74) is 1.35. The molecule has 0 unspecified atom stereocenters. The maximum Gasteiger partial charge on any atom is 0.203 e. The third-order valence-electron chi connectivity index (χ3n) is 2.65. The average Bonchev–Trinajstić information content (AvgIpc) is 2.41. The minimum atomic E-state index is 0.0228. The second kappa shape index (κ2) is 5.17. The van der Waals surface area contributed by atoms with E-state index in [0.717, 1.165) is 24.6 Å². The zero-order valence-corrected chi connectivity index (χ0v) is 12.7. The molecule has 1 heterocycles. The van der Waals surface area contributed by atoms with Crippen LogP contribution in [0.25, 0.3) is 0 Å². The van der Waals surface area contributed by atoms with Crippen molar-refractivity contribution < 1.29 is 0 Å². The van der Waals surface area contributed by atoms with Crippen molar-refractivity contribution in [2.24, 2.45) is 5.41 Å². The summed E-state index contributed by atoms with van der Waals surface area (Å²) in [6.07, 6.45) is 5.03. The molecule has 1 aromatic heterocycles. The van der Waals surface area contributed by atoms with E-state index in [9.17, 15) is 0 Å². The molecule has 0 radical (unpaired) electrons. The smallest absolute Gasteiger partial charge is 0.203 e. The quantitative estimate of drug-likeness (QED) is 0.799. The number of nitrogens with zero attached hydrogens (tertiary/aromatic N) is 2. The summed E-state index contributed by atoms with van der Waals surface area (Å²) in [4.78, 5) is 4.55. The molecule has 0 bridgehead atoms. The van der Waals surface area contributed by atoms with Gasteiger partial charge in [0.05, 0.1) is 5.69 Å². The van der Waals surface area contributed by atoms with Crippen molar-refractivity contribution in [3.05, 3.63) is 24.5 Å². The van der Waals surface area contributed by atoms with Crippen LogP contribution in [0.15, 0.2) is 18.9 Å². The SMILES string of the molecule is C=CCn1cc(C)nc1NC(C)(C)CC(C)(C)C. The number of aryl methyl sites for hydroxylation is 1. The van der Waals surface area contributed by atoms with Crippen LogP contribution >= 0.6 is 0 Å². The van der Waals surface area contributed by atoms with E-state index < -0.39 is 0 Å². The van der Waals surface area contributed by atoms with E-state index in [4.69, 9.17) is 0 Å². The van der Waals surface area contributed by atoms with Gasteiger partial charge in [0.25, 0.3) is 0 Å². The van der Waals surface area contributed by atoms with Gasteiger partial charge in [0.15, 0.2) is 0 Å². The Hall–Kier alpha value is -1.25. The van der Waals surface area contributed by atoms with Crippen molar-refractivity contribution >= 4 is 5.95 Å². The lowest BCUT2D eigenvalue weighted by atomic mass is 9.82. The van der Waals surface area contributed by atoms with E-state index in [-0.39, 0.29) is 5.54 Å². The molecule has 18 heavy (non-hydrogen) atoms. The van der Waals surface area contributed by atoms with E-state index in [1.165, 1.54) is 0 Å². The van der Waals surface area contributed by atoms with Crippen LogP contribution in [0.2, 0.25) is 0 Å². The average molecular weight is 249 g/mol. The molecular formula is C15H27N3. The summed E-state index contributed by atoms with van der Waals surface area (Å²) in [5, 5.41) is 3.55. The molecule has 0 saturated heterocycles. The van der Waals surface area contributed by atoms with Gasteiger partial charge in [-0.15, -0.1) is 6.58 Å². The van der Waals surface area contributed by atoms with Crippen LogP contribution in [0.4, 0.5) is 5.95 Å². The molecule has 0 saturated carbocycles. The standard InChI is InChI=1S/C15H27N3/c1-8-9-18-10-12(2)16-13(18)17-15(6,7)11-14(3,4)5/h8,10H,1,9,11H2,2-7H3,(H,16,17). The van der Waals surface area contributed by atoms with Gasteiger partial charge in [-0.25, -0.2) is 4.98 Å². The maximum atomic E-state index is 4.55. The zero-order valence-electron chi connectivity index (χ0n) is 12.7. The first-order valence-electron chi connectivity index (χ1n) is 6.56. The van der Waals surface area contributed by atoms with Crippen LogP contribution in [0, 0.1) is 12.3 Å². The number of imidazole rings is 1. The van der Waals surface area contributed by atoms with Crippen LogP contribution in [-0.2, 0) is 6.54 Å². The Kier molecular flexibility index (Phi) is 4.25. The molecule has 0 aromatic carbocycles. The minimum absolute atomic E-state index is 0.0228. The van der Waals surface area contributed by atoms with Gasteiger partial charge in [0.1, 0.15) is 0 Å². The van der Waals surface area contributed by atoms with Crippen molar-refractivity contribution in [2.45, 2.75) is 60.0 Å². The summed E-state index contributed by atoms with van der Waals surface area (Å²) >= 11 is 0. The summed E-state index contributed by atoms with van der Waals surface area (Å²) in [6.45, 7) is 17.8. The van der Waals surface area contributed by atoms with E-state index in [1.807, 2.05) is 13.0 Å². The second-order valence-corrected chi connectivity index (χ2v) is 6.89. The molecule has 0 aliphatic rings. The highest BCUT2D eigenvalue weighted by Gasteiger charge is 2.26. The predicted octanol–water partition coefficient (Wildman–Crippen LogP) is 4.00. The molecule has 0 aliphatic heterocycles. The molecule has 1 N–H and O–H groups in total. The lowest BCUT2D eigenvalue weighted by Gasteiger charge is -2.33. The number of aromatic nitrogens is 2. The third-order valence-corrected chi connectivity index (χ3v) is 2.65. The Morgan fingerprint density at radius 2 is 1.94 bits per heavy atom. The van der Waals surface area contributed by atoms with E-state index in [0.29, 0.717) is 5.41 Å². The summed E-state index contributed by atoms with van der Waals surface area (Å²) < 4.78 is 2.10. The number of nitrogens with one attached hydrogen (secondary N) is 1. The van der Waals surface area contributed by atoms with Crippen LogP contribution in [-0.4, -0.2) is 15.1 Å². The largest absolute Gasteiger partial charge is 0.351 e. The highest BCUT2D eigenvalue weighted by Crippen LogP contribution is 2.29. The molecule has 3 heteroatoms. The van der Waals surface area contributed by atoms with Gasteiger partial charge in [-0.1, -0.05) is 26.8 Å². The van der Waals surface area contributed by atoms with Crippen LogP contribution in [0.3, 0.4) is 0 Å². The van der Waals surface area contributed by atoms with Gasteiger partial charge in [0, 0.05) is 18.3 Å². The minimum Gasteiger partial charge on any atom is -0.351 e. The van der Waals surface area contributed by atoms with Gasteiger partial charge in [0.2, 0.25) is 5.95 Å². The summed E-state index contributed by atoms with van der Waals surface area (Å²) in [5.74, 6) is 0.932. The number of anilines is 1. The first-order chi connectivity index (χ1) is 8.13. The predicted molar refractivity (Wildman–Crippen MR) is 78.9 cm³/mol. The van der Waals surface area contributed by atoms with Gasteiger partial charge >= 0.3 is 0 Å². The van der Waals surface area contributed by atoms with Crippen molar-refractivity contribution in [3.63, 3.8) is 0 Å². The molecule has 102 valence electrons. The highest BCUT2D eigenvalue weighted by molar-refractivity contribution is 5.32. The molecule has 0 spiro atoms. The summed E-state index contributed by atoms with van der Waals surface area (Å²) in [6, 6.07) is 0. The van der Waals surface area contributed by atoms with Crippen LogP contribution < -0.4 is 5.32 Å². The molecule has 0 atom stereocenters. The number of rotatable bonds is 5. The molecule has 0 aliphatic carbocycles. The number of hydrogen-bond acceptors (Lipinski definition) is 2. The first-order valence-corrected chi connectivity index (χ1v) is 6.56. The lowest BCUT2D eigenvalue weighted by Crippen LogP contribution is -2.36. The summed E-state index contributed by atoms with van der Waals surface area (Å²) in [7, 11) is 0. The van der Waals surface area contributed by atoms with Gasteiger partial charge in [-0.2, -0.15) is 0 Å². The normalized spacial score (nSPS) is 12.6. The Balaban J connectivity index is 2.85.